The summed E-state index contributed by atoms with van der Waals surface area (Å²) < 4.78 is 5.71. The van der Waals surface area contributed by atoms with Crippen molar-refractivity contribution in [1.29, 1.82) is 0 Å². The standard InChI is InChI=1S/C12H28N2OS2/c1-11(2)14-8-10-16-17-12(3)15-9-6-5-7-13-4/h11-14H,5-10H2,1-4H3. The molecule has 0 aromatic carbocycles. The first kappa shape index (κ1) is 17.6. The first-order chi connectivity index (χ1) is 8.16. The third-order valence-corrected chi connectivity index (χ3v) is 4.75. The lowest BCUT2D eigenvalue weighted by Crippen LogP contribution is -2.24. The van der Waals surface area contributed by atoms with E-state index in [1.807, 2.05) is 28.6 Å². The van der Waals surface area contributed by atoms with Gasteiger partial charge in [-0.15, -0.1) is 0 Å². The monoisotopic (exact) mass is 280 g/mol. The van der Waals surface area contributed by atoms with E-state index in [1.165, 1.54) is 6.42 Å². The minimum absolute atomic E-state index is 0.300. The second-order valence-electron chi connectivity index (χ2n) is 4.28. The predicted molar refractivity (Wildman–Crippen MR) is 81.8 cm³/mol. The van der Waals surface area contributed by atoms with Gasteiger partial charge in [0.2, 0.25) is 0 Å². The fourth-order valence-electron chi connectivity index (χ4n) is 1.21. The van der Waals surface area contributed by atoms with Crippen molar-refractivity contribution in [2.75, 3.05) is 32.5 Å². The van der Waals surface area contributed by atoms with Gasteiger partial charge in [-0.2, -0.15) is 0 Å². The Bertz CT molecular complexity index is 159. The summed E-state index contributed by atoms with van der Waals surface area (Å²) >= 11 is 0. The average Bonchev–Trinajstić information content (AvgIpc) is 2.28. The molecular weight excluding hydrogens is 252 g/mol. The van der Waals surface area contributed by atoms with Crippen LogP contribution in [0.2, 0.25) is 0 Å². The number of rotatable bonds is 12. The largest absolute Gasteiger partial charge is 0.367 e. The second kappa shape index (κ2) is 13.0. The van der Waals surface area contributed by atoms with Crippen molar-refractivity contribution >= 4 is 21.6 Å². The lowest BCUT2D eigenvalue weighted by Gasteiger charge is -2.12. The van der Waals surface area contributed by atoms with Gasteiger partial charge in [0, 0.05) is 24.9 Å². The van der Waals surface area contributed by atoms with E-state index in [-0.39, 0.29) is 0 Å². The molecule has 0 aliphatic rings. The molecule has 0 saturated carbocycles. The summed E-state index contributed by atoms with van der Waals surface area (Å²) in [6.45, 7) is 9.51. The minimum Gasteiger partial charge on any atom is -0.367 e. The van der Waals surface area contributed by atoms with Gasteiger partial charge in [0.15, 0.2) is 0 Å². The molecule has 2 N–H and O–H groups in total. The van der Waals surface area contributed by atoms with Crippen LogP contribution < -0.4 is 10.6 Å². The third kappa shape index (κ3) is 14.5. The van der Waals surface area contributed by atoms with E-state index in [9.17, 15) is 0 Å². The van der Waals surface area contributed by atoms with Crippen molar-refractivity contribution in [2.24, 2.45) is 0 Å². The Morgan fingerprint density at radius 2 is 1.88 bits per heavy atom. The van der Waals surface area contributed by atoms with Crippen molar-refractivity contribution < 1.29 is 4.74 Å². The van der Waals surface area contributed by atoms with Gasteiger partial charge < -0.3 is 15.4 Å². The van der Waals surface area contributed by atoms with Crippen LogP contribution in [-0.2, 0) is 4.74 Å². The first-order valence-electron chi connectivity index (χ1n) is 6.44. The fraction of sp³-hybridized carbons (Fsp3) is 1.00. The topological polar surface area (TPSA) is 33.3 Å². The molecule has 0 spiro atoms. The van der Waals surface area contributed by atoms with Crippen LogP contribution in [0.25, 0.3) is 0 Å². The summed E-state index contributed by atoms with van der Waals surface area (Å²) in [7, 11) is 5.71. The first-order valence-corrected chi connectivity index (χ1v) is 8.83. The van der Waals surface area contributed by atoms with E-state index in [0.29, 0.717) is 11.5 Å². The van der Waals surface area contributed by atoms with E-state index in [1.54, 1.807) is 0 Å². The predicted octanol–water partition coefficient (Wildman–Crippen LogP) is 2.73. The number of hydrogen-bond donors (Lipinski definition) is 2. The molecule has 3 nitrogen and oxygen atoms in total. The van der Waals surface area contributed by atoms with E-state index < -0.39 is 0 Å². The van der Waals surface area contributed by atoms with E-state index >= 15 is 0 Å². The van der Waals surface area contributed by atoms with Crippen molar-refractivity contribution in [2.45, 2.75) is 45.1 Å². The van der Waals surface area contributed by atoms with Gasteiger partial charge >= 0.3 is 0 Å². The Labute approximate surface area is 115 Å². The van der Waals surface area contributed by atoms with Gasteiger partial charge in [0.25, 0.3) is 0 Å². The molecule has 0 aromatic heterocycles. The van der Waals surface area contributed by atoms with Crippen LogP contribution in [-0.4, -0.2) is 44.0 Å². The Balaban J connectivity index is 3.14. The minimum atomic E-state index is 0.300. The van der Waals surface area contributed by atoms with Gasteiger partial charge in [-0.25, -0.2) is 0 Å². The molecule has 1 atom stereocenters. The number of hydrogen-bond acceptors (Lipinski definition) is 5. The molecule has 0 fully saturated rings. The molecule has 0 aromatic rings. The highest BCUT2D eigenvalue weighted by Crippen LogP contribution is 2.26. The van der Waals surface area contributed by atoms with Crippen molar-refractivity contribution in [3.05, 3.63) is 0 Å². The summed E-state index contributed by atoms with van der Waals surface area (Å²) in [6, 6.07) is 0.585. The van der Waals surface area contributed by atoms with E-state index in [4.69, 9.17) is 4.74 Å². The van der Waals surface area contributed by atoms with Gasteiger partial charge in [-0.1, -0.05) is 35.4 Å². The number of unbranched alkanes of at least 4 members (excludes halogenated alkanes) is 1. The summed E-state index contributed by atoms with van der Waals surface area (Å²) in [5.41, 5.74) is 0.300. The maximum atomic E-state index is 5.71. The molecule has 5 heteroatoms. The Morgan fingerprint density at radius 1 is 1.12 bits per heavy atom. The Hall–Kier alpha value is 0.580. The summed E-state index contributed by atoms with van der Waals surface area (Å²) in [6.07, 6.45) is 2.34. The molecule has 0 bridgehead atoms. The Kier molecular flexibility index (Phi) is 13.5. The second-order valence-corrected chi connectivity index (χ2v) is 7.06. The average molecular weight is 281 g/mol. The fourth-order valence-corrected chi connectivity index (χ4v) is 3.14. The van der Waals surface area contributed by atoms with Crippen molar-refractivity contribution in [3.63, 3.8) is 0 Å². The zero-order valence-corrected chi connectivity index (χ0v) is 13.3. The van der Waals surface area contributed by atoms with Crippen LogP contribution in [0.4, 0.5) is 0 Å². The van der Waals surface area contributed by atoms with Crippen LogP contribution in [0, 0.1) is 0 Å². The molecule has 0 radical (unpaired) electrons. The van der Waals surface area contributed by atoms with Crippen molar-refractivity contribution in [1.82, 2.24) is 10.6 Å². The van der Waals surface area contributed by atoms with Crippen LogP contribution in [0.1, 0.15) is 33.6 Å². The maximum absolute atomic E-state index is 5.71. The molecule has 0 aliphatic heterocycles. The van der Waals surface area contributed by atoms with Gasteiger partial charge in [-0.3, -0.25) is 0 Å². The summed E-state index contributed by atoms with van der Waals surface area (Å²) in [4.78, 5) is 0. The van der Waals surface area contributed by atoms with E-state index in [0.717, 1.165) is 31.9 Å². The molecular formula is C12H28N2OS2. The van der Waals surface area contributed by atoms with Crippen LogP contribution in [0.15, 0.2) is 0 Å². The number of nitrogens with one attached hydrogen (secondary N) is 2. The lowest BCUT2D eigenvalue weighted by atomic mass is 10.3. The molecule has 0 heterocycles. The summed E-state index contributed by atoms with van der Waals surface area (Å²) in [5.74, 6) is 1.14. The van der Waals surface area contributed by atoms with Crippen molar-refractivity contribution in [3.8, 4) is 0 Å². The van der Waals surface area contributed by atoms with E-state index in [2.05, 4.69) is 31.4 Å². The smallest absolute Gasteiger partial charge is 0.110 e. The maximum Gasteiger partial charge on any atom is 0.110 e. The van der Waals surface area contributed by atoms with Gasteiger partial charge in [0.1, 0.15) is 5.44 Å². The zero-order valence-electron chi connectivity index (χ0n) is 11.6. The van der Waals surface area contributed by atoms with Crippen LogP contribution >= 0.6 is 21.6 Å². The highest BCUT2D eigenvalue weighted by atomic mass is 33.1. The normalized spacial score (nSPS) is 13.2. The zero-order chi connectivity index (χ0) is 12.9. The quantitative estimate of drug-likeness (QED) is 0.326. The molecule has 0 amide bonds. The van der Waals surface area contributed by atoms with Gasteiger partial charge in [0.05, 0.1) is 0 Å². The Morgan fingerprint density at radius 3 is 2.53 bits per heavy atom. The highest BCUT2D eigenvalue weighted by Gasteiger charge is 2.02. The van der Waals surface area contributed by atoms with Gasteiger partial charge in [-0.05, 0) is 33.4 Å². The molecule has 0 rings (SSSR count). The SMILES string of the molecule is CNCCCCOC(C)SSCCNC(C)C. The molecule has 104 valence electrons. The third-order valence-electron chi connectivity index (χ3n) is 2.12. The lowest BCUT2D eigenvalue weighted by molar-refractivity contribution is 0.121. The molecule has 1 unspecified atom stereocenters. The number of ether oxygens (including phenoxy) is 1. The highest BCUT2D eigenvalue weighted by molar-refractivity contribution is 8.76. The van der Waals surface area contributed by atoms with Crippen LogP contribution in [0.5, 0.6) is 0 Å². The summed E-state index contributed by atoms with van der Waals surface area (Å²) in [5, 5.41) is 6.54. The molecule has 17 heavy (non-hydrogen) atoms. The molecule has 0 aliphatic carbocycles. The molecule has 0 saturated heterocycles. The van der Waals surface area contributed by atoms with Crippen LogP contribution in [0.3, 0.4) is 0 Å².